The van der Waals surface area contributed by atoms with Gasteiger partial charge in [0.05, 0.1) is 22.3 Å². The van der Waals surface area contributed by atoms with Gasteiger partial charge < -0.3 is 10.6 Å². The third kappa shape index (κ3) is 4.59. The molecule has 0 aliphatic rings. The lowest BCUT2D eigenvalue weighted by atomic mass is 10.3. The minimum absolute atomic E-state index is 0.0154. The number of hydrogen-bond donors (Lipinski definition) is 2. The summed E-state index contributed by atoms with van der Waals surface area (Å²) in [6, 6.07) is 8.85. The number of halogens is 4. The summed E-state index contributed by atoms with van der Waals surface area (Å²) in [4.78, 5) is 11.8. The minimum Gasteiger partial charge on any atom is -0.374 e. The van der Waals surface area contributed by atoms with Gasteiger partial charge in [0.2, 0.25) is 5.91 Å². The highest BCUT2D eigenvalue weighted by Gasteiger charge is 2.09. The van der Waals surface area contributed by atoms with Crippen LogP contribution in [0.15, 0.2) is 40.9 Å². The highest BCUT2D eigenvalue weighted by atomic mass is 79.9. The Morgan fingerprint density at radius 1 is 1.14 bits per heavy atom. The zero-order valence-corrected chi connectivity index (χ0v) is 13.7. The van der Waals surface area contributed by atoms with Gasteiger partial charge in [-0.1, -0.05) is 39.1 Å². The average Bonchev–Trinajstić information content (AvgIpc) is 2.40. The molecule has 0 aliphatic heterocycles. The van der Waals surface area contributed by atoms with Crippen molar-refractivity contribution >= 4 is 56.4 Å². The van der Waals surface area contributed by atoms with E-state index in [1.165, 1.54) is 24.3 Å². The normalized spacial score (nSPS) is 10.3. The van der Waals surface area contributed by atoms with Crippen LogP contribution >= 0.6 is 39.1 Å². The van der Waals surface area contributed by atoms with Crippen LogP contribution in [0.1, 0.15) is 0 Å². The SMILES string of the molecule is O=C(CNc1c(Cl)cc(Br)cc1Cl)Nc1ccc(F)cc1. The molecule has 3 nitrogen and oxygen atoms in total. The van der Waals surface area contributed by atoms with E-state index in [1.807, 2.05) is 0 Å². The second kappa shape index (κ2) is 7.11. The molecule has 21 heavy (non-hydrogen) atoms. The van der Waals surface area contributed by atoms with Crippen LogP contribution in [0, 0.1) is 5.82 Å². The highest BCUT2D eigenvalue weighted by molar-refractivity contribution is 9.10. The lowest BCUT2D eigenvalue weighted by molar-refractivity contribution is -0.114. The number of carbonyl (C=O) groups excluding carboxylic acids is 1. The first kappa shape index (κ1) is 16.1. The van der Waals surface area contributed by atoms with Gasteiger partial charge >= 0.3 is 0 Å². The van der Waals surface area contributed by atoms with Crippen molar-refractivity contribution in [3.63, 3.8) is 0 Å². The maximum atomic E-state index is 12.8. The molecule has 0 fully saturated rings. The van der Waals surface area contributed by atoms with Crippen molar-refractivity contribution in [3.8, 4) is 0 Å². The number of hydrogen-bond acceptors (Lipinski definition) is 2. The van der Waals surface area contributed by atoms with Crippen LogP contribution in [0.3, 0.4) is 0 Å². The van der Waals surface area contributed by atoms with E-state index in [1.54, 1.807) is 12.1 Å². The Labute approximate surface area is 139 Å². The zero-order valence-electron chi connectivity index (χ0n) is 10.6. The largest absolute Gasteiger partial charge is 0.374 e. The van der Waals surface area contributed by atoms with Crippen molar-refractivity contribution in [1.29, 1.82) is 0 Å². The van der Waals surface area contributed by atoms with Gasteiger partial charge in [0.25, 0.3) is 0 Å². The number of carbonyl (C=O) groups is 1. The number of nitrogens with one attached hydrogen (secondary N) is 2. The van der Waals surface area contributed by atoms with E-state index in [0.717, 1.165) is 4.47 Å². The first-order chi connectivity index (χ1) is 9.95. The Kier molecular flexibility index (Phi) is 5.45. The van der Waals surface area contributed by atoms with Gasteiger partial charge in [-0.3, -0.25) is 4.79 Å². The van der Waals surface area contributed by atoms with E-state index < -0.39 is 0 Å². The van der Waals surface area contributed by atoms with Gasteiger partial charge in [0.1, 0.15) is 5.82 Å². The fourth-order valence-corrected chi connectivity index (χ4v) is 2.96. The summed E-state index contributed by atoms with van der Waals surface area (Å²) < 4.78 is 13.5. The molecule has 0 radical (unpaired) electrons. The summed E-state index contributed by atoms with van der Waals surface area (Å²) in [7, 11) is 0. The van der Waals surface area contributed by atoms with Gasteiger partial charge in [0, 0.05) is 10.2 Å². The van der Waals surface area contributed by atoms with Crippen molar-refractivity contribution in [2.45, 2.75) is 0 Å². The summed E-state index contributed by atoms with van der Waals surface area (Å²) in [5.41, 5.74) is 0.993. The molecule has 7 heteroatoms. The van der Waals surface area contributed by atoms with Crippen LogP contribution in [-0.4, -0.2) is 12.5 Å². The van der Waals surface area contributed by atoms with Crippen LogP contribution in [0.5, 0.6) is 0 Å². The molecule has 0 spiro atoms. The van der Waals surface area contributed by atoms with Crippen molar-refractivity contribution in [2.75, 3.05) is 17.2 Å². The summed E-state index contributed by atoms with van der Waals surface area (Å²) in [6.07, 6.45) is 0. The first-order valence-electron chi connectivity index (χ1n) is 5.89. The van der Waals surface area contributed by atoms with Crippen LogP contribution < -0.4 is 10.6 Å². The van der Waals surface area contributed by atoms with Crippen molar-refractivity contribution in [3.05, 3.63) is 56.7 Å². The molecule has 0 aromatic heterocycles. The second-order valence-corrected chi connectivity index (χ2v) is 5.88. The molecule has 0 saturated heterocycles. The Balaban J connectivity index is 1.97. The molecule has 0 aliphatic carbocycles. The van der Waals surface area contributed by atoms with E-state index in [9.17, 15) is 9.18 Å². The van der Waals surface area contributed by atoms with E-state index in [2.05, 4.69) is 26.6 Å². The van der Waals surface area contributed by atoms with E-state index in [0.29, 0.717) is 21.4 Å². The molecule has 0 heterocycles. The maximum Gasteiger partial charge on any atom is 0.243 e. The summed E-state index contributed by atoms with van der Waals surface area (Å²) in [6.45, 7) is -0.0154. The molecular weight excluding hydrogens is 382 g/mol. The topological polar surface area (TPSA) is 41.1 Å². The fraction of sp³-hybridized carbons (Fsp3) is 0.0714. The van der Waals surface area contributed by atoms with Crippen LogP contribution in [0.2, 0.25) is 10.0 Å². The smallest absolute Gasteiger partial charge is 0.243 e. The number of rotatable bonds is 4. The van der Waals surface area contributed by atoms with Gasteiger partial charge in [-0.05, 0) is 36.4 Å². The minimum atomic E-state index is -0.362. The molecule has 0 unspecified atom stereocenters. The van der Waals surface area contributed by atoms with Gasteiger partial charge in [-0.15, -0.1) is 0 Å². The molecule has 2 aromatic rings. The highest BCUT2D eigenvalue weighted by Crippen LogP contribution is 2.33. The van der Waals surface area contributed by atoms with Gasteiger partial charge in [-0.25, -0.2) is 4.39 Å². The maximum absolute atomic E-state index is 12.8. The van der Waals surface area contributed by atoms with Crippen molar-refractivity contribution < 1.29 is 9.18 Å². The average molecular weight is 392 g/mol. The predicted octanol–water partition coefficient (Wildman–Crippen LogP) is 4.95. The summed E-state index contributed by atoms with van der Waals surface area (Å²) in [5, 5.41) is 6.31. The third-order valence-electron chi connectivity index (χ3n) is 2.56. The van der Waals surface area contributed by atoms with E-state index in [4.69, 9.17) is 23.2 Å². The molecule has 2 aromatic carbocycles. The van der Waals surface area contributed by atoms with Crippen LogP contribution in [0.4, 0.5) is 15.8 Å². The third-order valence-corrected chi connectivity index (χ3v) is 3.61. The lowest BCUT2D eigenvalue weighted by Gasteiger charge is -2.11. The number of anilines is 2. The van der Waals surface area contributed by atoms with Crippen molar-refractivity contribution in [2.24, 2.45) is 0 Å². The molecular formula is C14H10BrCl2FN2O. The van der Waals surface area contributed by atoms with Crippen LogP contribution in [0.25, 0.3) is 0 Å². The Morgan fingerprint density at radius 3 is 2.29 bits per heavy atom. The van der Waals surface area contributed by atoms with Gasteiger partial charge in [-0.2, -0.15) is 0 Å². The molecule has 110 valence electrons. The standard InChI is InChI=1S/C14H10BrCl2FN2O/c15-8-5-11(16)14(12(17)6-8)19-7-13(21)20-10-3-1-9(18)2-4-10/h1-6,19H,7H2,(H,20,21). The molecule has 2 rings (SSSR count). The van der Waals surface area contributed by atoms with Crippen molar-refractivity contribution in [1.82, 2.24) is 0 Å². The predicted molar refractivity (Wildman–Crippen MR) is 87.7 cm³/mol. The number of benzene rings is 2. The first-order valence-corrected chi connectivity index (χ1v) is 7.44. The Morgan fingerprint density at radius 2 is 1.71 bits per heavy atom. The molecule has 0 saturated carbocycles. The molecule has 2 N–H and O–H groups in total. The van der Waals surface area contributed by atoms with Crippen LogP contribution in [-0.2, 0) is 4.79 Å². The van der Waals surface area contributed by atoms with Gasteiger partial charge in [0.15, 0.2) is 0 Å². The van der Waals surface area contributed by atoms with E-state index in [-0.39, 0.29) is 18.3 Å². The van der Waals surface area contributed by atoms with E-state index >= 15 is 0 Å². The summed E-state index contributed by atoms with van der Waals surface area (Å²) in [5.74, 6) is -0.656. The summed E-state index contributed by atoms with van der Waals surface area (Å²) >= 11 is 15.4. The zero-order chi connectivity index (χ0) is 15.4. The fourth-order valence-electron chi connectivity index (χ4n) is 1.62. The number of amides is 1. The molecule has 0 atom stereocenters. The quantitative estimate of drug-likeness (QED) is 0.774. The monoisotopic (exact) mass is 390 g/mol. The molecule has 1 amide bonds. The Hall–Kier alpha value is -1.30. The second-order valence-electron chi connectivity index (χ2n) is 4.15. The molecule has 0 bridgehead atoms. The Bertz CT molecular complexity index is 642. The lowest BCUT2D eigenvalue weighted by Crippen LogP contribution is -2.22.